The number of rotatable bonds is 7. The molecule has 2 rings (SSSR count). The lowest BCUT2D eigenvalue weighted by Gasteiger charge is -2.19. The van der Waals surface area contributed by atoms with Gasteiger partial charge in [0.15, 0.2) is 0 Å². The maximum absolute atomic E-state index is 12.2. The van der Waals surface area contributed by atoms with Crippen LogP contribution in [0.15, 0.2) is 23.8 Å². The van der Waals surface area contributed by atoms with Crippen LogP contribution in [0, 0.1) is 6.92 Å². The van der Waals surface area contributed by atoms with Crippen molar-refractivity contribution in [2.24, 2.45) is 5.73 Å². The van der Waals surface area contributed by atoms with E-state index in [1.54, 1.807) is 24.6 Å². The Labute approximate surface area is 138 Å². The largest absolute Gasteiger partial charge is 0.366 e. The smallest absolute Gasteiger partial charge is 0.251 e. The molecule has 0 saturated carbocycles. The van der Waals surface area contributed by atoms with Gasteiger partial charge in [-0.3, -0.25) is 14.3 Å². The van der Waals surface area contributed by atoms with Crippen molar-refractivity contribution in [1.29, 1.82) is 0 Å². The minimum atomic E-state index is -0.551. The SMILES string of the molecule is Cc1cnn(C[C@@H](C)N[C@H](C)C(=O)Nc2sccc2C(N)=O)c1. The molecule has 0 saturated heterocycles. The Kier molecular flexibility index (Phi) is 5.51. The third-order valence-corrected chi connectivity index (χ3v) is 4.15. The zero-order chi connectivity index (χ0) is 17.0. The van der Waals surface area contributed by atoms with Gasteiger partial charge in [-0.2, -0.15) is 5.10 Å². The first-order valence-electron chi connectivity index (χ1n) is 7.30. The molecule has 2 amide bonds. The molecule has 0 aliphatic heterocycles. The third kappa shape index (κ3) is 4.64. The highest BCUT2D eigenvalue weighted by Gasteiger charge is 2.19. The highest BCUT2D eigenvalue weighted by molar-refractivity contribution is 7.14. The van der Waals surface area contributed by atoms with E-state index in [2.05, 4.69) is 15.7 Å². The molecule has 7 nitrogen and oxygen atoms in total. The van der Waals surface area contributed by atoms with Crippen LogP contribution in [0.1, 0.15) is 29.8 Å². The Morgan fingerprint density at radius 2 is 2.17 bits per heavy atom. The second kappa shape index (κ2) is 7.38. The minimum absolute atomic E-state index is 0.0639. The zero-order valence-electron chi connectivity index (χ0n) is 13.4. The van der Waals surface area contributed by atoms with E-state index in [9.17, 15) is 9.59 Å². The lowest BCUT2D eigenvalue weighted by Crippen LogP contribution is -2.44. The Bertz CT molecular complexity index is 694. The summed E-state index contributed by atoms with van der Waals surface area (Å²) in [6, 6.07) is 1.25. The second-order valence-electron chi connectivity index (χ2n) is 5.55. The molecule has 124 valence electrons. The van der Waals surface area contributed by atoms with E-state index in [1.165, 1.54) is 11.3 Å². The summed E-state index contributed by atoms with van der Waals surface area (Å²) in [4.78, 5) is 23.5. The third-order valence-electron chi connectivity index (χ3n) is 3.32. The van der Waals surface area contributed by atoms with Gasteiger partial charge < -0.3 is 16.4 Å². The number of amides is 2. The lowest BCUT2D eigenvalue weighted by molar-refractivity contribution is -0.117. The Morgan fingerprint density at radius 3 is 2.78 bits per heavy atom. The van der Waals surface area contributed by atoms with Crippen LogP contribution in [0.5, 0.6) is 0 Å². The molecule has 4 N–H and O–H groups in total. The van der Waals surface area contributed by atoms with Crippen molar-refractivity contribution in [1.82, 2.24) is 15.1 Å². The molecule has 0 aromatic carbocycles. The number of nitrogens with zero attached hydrogens (tertiary/aromatic N) is 2. The molecule has 0 radical (unpaired) electrons. The average molecular weight is 335 g/mol. The molecule has 0 fully saturated rings. The molecule has 0 aliphatic carbocycles. The second-order valence-corrected chi connectivity index (χ2v) is 6.46. The fourth-order valence-electron chi connectivity index (χ4n) is 2.22. The summed E-state index contributed by atoms with van der Waals surface area (Å²) in [5.74, 6) is -0.761. The van der Waals surface area contributed by atoms with Crippen molar-refractivity contribution in [3.05, 3.63) is 35.0 Å². The summed E-state index contributed by atoms with van der Waals surface area (Å²) < 4.78 is 1.84. The average Bonchev–Trinajstić information content (AvgIpc) is 3.07. The van der Waals surface area contributed by atoms with E-state index in [-0.39, 0.29) is 11.9 Å². The number of hydrogen-bond donors (Lipinski definition) is 3. The fourth-order valence-corrected chi connectivity index (χ4v) is 3.02. The summed E-state index contributed by atoms with van der Waals surface area (Å²) in [5, 5.41) is 12.4. The lowest BCUT2D eigenvalue weighted by atomic mass is 10.2. The molecular formula is C15H21N5O2S. The topological polar surface area (TPSA) is 102 Å². The maximum Gasteiger partial charge on any atom is 0.251 e. The number of nitrogens with one attached hydrogen (secondary N) is 2. The standard InChI is InChI=1S/C15H21N5O2S/c1-9-6-17-20(7-9)8-10(2)18-11(3)14(22)19-15-12(13(16)21)4-5-23-15/h4-7,10-11,18H,8H2,1-3H3,(H2,16,21)(H,19,22)/t10-,11-/m1/s1. The van der Waals surface area contributed by atoms with Crippen molar-refractivity contribution in [3.8, 4) is 0 Å². The van der Waals surface area contributed by atoms with E-state index < -0.39 is 11.9 Å². The highest BCUT2D eigenvalue weighted by Crippen LogP contribution is 2.22. The molecule has 8 heteroatoms. The van der Waals surface area contributed by atoms with Crippen LogP contribution >= 0.6 is 11.3 Å². The van der Waals surface area contributed by atoms with Gasteiger partial charge in [-0.05, 0) is 37.8 Å². The number of aromatic nitrogens is 2. The van der Waals surface area contributed by atoms with Crippen LogP contribution in [0.3, 0.4) is 0 Å². The Balaban J connectivity index is 1.89. The van der Waals surface area contributed by atoms with Crippen LogP contribution in [-0.2, 0) is 11.3 Å². The fraction of sp³-hybridized carbons (Fsp3) is 0.400. The first kappa shape index (κ1) is 17.2. The first-order valence-corrected chi connectivity index (χ1v) is 8.18. The predicted octanol–water partition coefficient (Wildman–Crippen LogP) is 1.36. The van der Waals surface area contributed by atoms with Crippen LogP contribution < -0.4 is 16.4 Å². The zero-order valence-corrected chi connectivity index (χ0v) is 14.2. The number of hydrogen-bond acceptors (Lipinski definition) is 5. The van der Waals surface area contributed by atoms with Gasteiger partial charge in [0, 0.05) is 12.2 Å². The minimum Gasteiger partial charge on any atom is -0.366 e. The quantitative estimate of drug-likeness (QED) is 0.711. The van der Waals surface area contributed by atoms with Crippen molar-refractivity contribution >= 4 is 28.2 Å². The van der Waals surface area contributed by atoms with Gasteiger partial charge in [-0.1, -0.05) is 0 Å². The van der Waals surface area contributed by atoms with Gasteiger partial charge in [-0.15, -0.1) is 11.3 Å². The van der Waals surface area contributed by atoms with Crippen LogP contribution in [-0.4, -0.2) is 33.7 Å². The van der Waals surface area contributed by atoms with Crippen molar-refractivity contribution in [2.75, 3.05) is 5.32 Å². The number of aryl methyl sites for hydroxylation is 1. The number of primary amides is 1. The Hall–Kier alpha value is -2.19. The molecule has 0 bridgehead atoms. The van der Waals surface area contributed by atoms with Gasteiger partial charge in [0.05, 0.1) is 24.3 Å². The molecule has 2 atom stereocenters. The van der Waals surface area contributed by atoms with E-state index in [0.29, 0.717) is 17.1 Å². The number of carbonyl (C=O) groups excluding carboxylic acids is 2. The van der Waals surface area contributed by atoms with Gasteiger partial charge >= 0.3 is 0 Å². The maximum atomic E-state index is 12.2. The molecule has 0 spiro atoms. The number of anilines is 1. The van der Waals surface area contributed by atoms with Crippen molar-refractivity contribution in [2.45, 2.75) is 39.4 Å². The molecule has 0 aliphatic rings. The molecular weight excluding hydrogens is 314 g/mol. The van der Waals surface area contributed by atoms with Crippen LogP contribution in [0.25, 0.3) is 0 Å². The normalized spacial score (nSPS) is 13.5. The number of thiophene rings is 1. The van der Waals surface area contributed by atoms with E-state index in [4.69, 9.17) is 5.73 Å². The van der Waals surface area contributed by atoms with E-state index in [0.717, 1.165) is 5.56 Å². The first-order chi connectivity index (χ1) is 10.9. The van der Waals surface area contributed by atoms with E-state index >= 15 is 0 Å². The summed E-state index contributed by atoms with van der Waals surface area (Å²) >= 11 is 1.27. The molecule has 2 aromatic rings. The summed E-state index contributed by atoms with van der Waals surface area (Å²) in [6.45, 7) is 6.41. The van der Waals surface area contributed by atoms with Crippen LogP contribution in [0.2, 0.25) is 0 Å². The monoisotopic (exact) mass is 335 g/mol. The number of nitrogens with two attached hydrogens (primary N) is 1. The number of carbonyl (C=O) groups is 2. The highest BCUT2D eigenvalue weighted by atomic mass is 32.1. The summed E-state index contributed by atoms with van der Waals surface area (Å²) in [5.41, 5.74) is 6.70. The molecule has 23 heavy (non-hydrogen) atoms. The summed E-state index contributed by atoms with van der Waals surface area (Å²) in [6.07, 6.45) is 3.75. The van der Waals surface area contributed by atoms with Gasteiger partial charge in [0.2, 0.25) is 5.91 Å². The molecule has 0 unspecified atom stereocenters. The van der Waals surface area contributed by atoms with Crippen molar-refractivity contribution < 1.29 is 9.59 Å². The molecule has 2 aromatic heterocycles. The summed E-state index contributed by atoms with van der Waals surface area (Å²) in [7, 11) is 0. The van der Waals surface area contributed by atoms with Gasteiger partial charge in [0.1, 0.15) is 5.00 Å². The molecule has 2 heterocycles. The van der Waals surface area contributed by atoms with Gasteiger partial charge in [0.25, 0.3) is 5.91 Å². The Morgan fingerprint density at radius 1 is 1.43 bits per heavy atom. The van der Waals surface area contributed by atoms with Crippen LogP contribution in [0.4, 0.5) is 5.00 Å². The van der Waals surface area contributed by atoms with Crippen molar-refractivity contribution in [3.63, 3.8) is 0 Å². The van der Waals surface area contributed by atoms with Gasteiger partial charge in [-0.25, -0.2) is 0 Å². The predicted molar refractivity (Wildman–Crippen MR) is 90.5 cm³/mol. The van der Waals surface area contributed by atoms with E-state index in [1.807, 2.05) is 24.7 Å².